The highest BCUT2D eigenvalue weighted by Crippen LogP contribution is 2.55. The highest BCUT2D eigenvalue weighted by atomic mass is 16.3. The Morgan fingerprint density at radius 2 is 1.15 bits per heavy atom. The normalized spacial score (nSPS) is 17.1. The van der Waals surface area contributed by atoms with Crippen LogP contribution in [0.15, 0.2) is 192 Å². The number of hydrogen-bond donors (Lipinski definition) is 0. The van der Waals surface area contributed by atoms with Gasteiger partial charge in [-0.15, -0.1) is 0 Å². The first-order chi connectivity index (χ1) is 31.8. The fourth-order valence-corrected chi connectivity index (χ4v) is 12.3. The first-order valence-electron chi connectivity index (χ1n) is 23.6. The zero-order chi connectivity index (χ0) is 43.6. The largest absolute Gasteiger partial charge is 0.456 e. The van der Waals surface area contributed by atoms with Crippen molar-refractivity contribution in [1.29, 1.82) is 0 Å². The van der Waals surface area contributed by atoms with Crippen LogP contribution in [0.3, 0.4) is 0 Å². The molecule has 0 saturated heterocycles. The summed E-state index contributed by atoms with van der Waals surface area (Å²) in [6.45, 7) is 9.51. The Bertz CT molecular complexity index is 3500. The standard InChI is InChI=1S/C63H51NO/c1-62(2)53-23-13-10-19-47(53)49-34-29-40(36-55(49)62)60-59-41(37-58-61(60)52-22-12-15-25-57(52)65-58)28-33-45(46-18-8-9-21-51(46)59)39-26-30-43(31-27-39)64(42-16-6-5-7-17-42)44-32-35-50-48-20-11-14-24-54(48)63(3,4)56(50)38-44/h6,8-27,29-32,34-38,45H,5,7,28,33H2,1-4H3. The van der Waals surface area contributed by atoms with Gasteiger partial charge >= 0.3 is 0 Å². The fraction of sp³-hybridized carbons (Fsp3) is 0.175. The number of aryl methyl sites for hydroxylation is 1. The molecule has 0 fully saturated rings. The molecule has 0 radical (unpaired) electrons. The Hall–Kier alpha value is -7.16. The van der Waals surface area contributed by atoms with Crippen LogP contribution < -0.4 is 4.90 Å². The van der Waals surface area contributed by atoms with Crippen LogP contribution in [0.4, 0.5) is 11.4 Å². The van der Waals surface area contributed by atoms with Gasteiger partial charge in [0.25, 0.3) is 0 Å². The molecule has 1 aromatic heterocycles. The summed E-state index contributed by atoms with van der Waals surface area (Å²) in [7, 11) is 0. The van der Waals surface area contributed by atoms with Crippen LogP contribution in [0.1, 0.15) is 91.8 Å². The van der Waals surface area contributed by atoms with Crippen LogP contribution >= 0.6 is 0 Å². The third-order valence-electron chi connectivity index (χ3n) is 15.5. The molecule has 314 valence electrons. The Kier molecular flexibility index (Phi) is 8.35. The highest BCUT2D eigenvalue weighted by Gasteiger charge is 2.38. The Labute approximate surface area is 382 Å². The van der Waals surface area contributed by atoms with E-state index in [4.69, 9.17) is 4.42 Å². The van der Waals surface area contributed by atoms with Gasteiger partial charge in [0.05, 0.1) is 0 Å². The molecular weight excluding hydrogens is 787 g/mol. The van der Waals surface area contributed by atoms with E-state index in [2.05, 4.69) is 215 Å². The number of para-hydroxylation sites is 1. The molecule has 0 saturated carbocycles. The van der Waals surface area contributed by atoms with Crippen molar-refractivity contribution in [1.82, 2.24) is 0 Å². The van der Waals surface area contributed by atoms with Gasteiger partial charge in [-0.2, -0.15) is 0 Å². The third kappa shape index (κ3) is 5.66. The summed E-state index contributed by atoms with van der Waals surface area (Å²) in [6.07, 6.45) is 11.1. The molecule has 65 heavy (non-hydrogen) atoms. The van der Waals surface area contributed by atoms with E-state index in [1.54, 1.807) is 0 Å². The van der Waals surface area contributed by atoms with Crippen molar-refractivity contribution in [2.24, 2.45) is 0 Å². The molecule has 0 spiro atoms. The van der Waals surface area contributed by atoms with Crippen molar-refractivity contribution in [3.63, 3.8) is 0 Å². The Morgan fingerprint density at radius 1 is 0.523 bits per heavy atom. The van der Waals surface area contributed by atoms with Crippen LogP contribution in [0, 0.1) is 0 Å². The van der Waals surface area contributed by atoms with Crippen molar-refractivity contribution >= 4 is 33.3 Å². The summed E-state index contributed by atoms with van der Waals surface area (Å²) >= 11 is 0. The second-order valence-corrected chi connectivity index (χ2v) is 19.8. The number of allylic oxidation sites excluding steroid dienone is 3. The van der Waals surface area contributed by atoms with E-state index in [1.807, 2.05) is 0 Å². The van der Waals surface area contributed by atoms with Gasteiger partial charge in [0.1, 0.15) is 11.2 Å². The minimum atomic E-state index is -0.108. The molecule has 1 heterocycles. The number of rotatable bonds is 5. The smallest absolute Gasteiger partial charge is 0.136 e. The molecule has 4 aliphatic rings. The summed E-state index contributed by atoms with van der Waals surface area (Å²) in [5.41, 5.74) is 25.6. The van der Waals surface area contributed by atoms with Crippen LogP contribution in [-0.2, 0) is 17.3 Å². The number of hydrogen-bond acceptors (Lipinski definition) is 2. The number of anilines is 2. The second-order valence-electron chi connectivity index (χ2n) is 19.8. The van der Waals surface area contributed by atoms with E-state index in [0.29, 0.717) is 0 Å². The molecule has 1 unspecified atom stereocenters. The summed E-state index contributed by atoms with van der Waals surface area (Å²) in [5, 5.41) is 2.37. The van der Waals surface area contributed by atoms with Gasteiger partial charge in [-0.1, -0.05) is 161 Å². The maximum atomic E-state index is 6.77. The highest BCUT2D eigenvalue weighted by molar-refractivity contribution is 6.17. The summed E-state index contributed by atoms with van der Waals surface area (Å²) < 4.78 is 6.77. The van der Waals surface area contributed by atoms with Gasteiger partial charge in [-0.25, -0.2) is 0 Å². The number of furan rings is 1. The van der Waals surface area contributed by atoms with Gasteiger partial charge in [0.15, 0.2) is 0 Å². The van der Waals surface area contributed by atoms with E-state index in [0.717, 1.165) is 36.8 Å². The fourth-order valence-electron chi connectivity index (χ4n) is 12.3. The van der Waals surface area contributed by atoms with Gasteiger partial charge in [0, 0.05) is 50.2 Å². The summed E-state index contributed by atoms with van der Waals surface area (Å²) in [4.78, 5) is 2.47. The average molecular weight is 838 g/mol. The SMILES string of the molecule is CC1(C)c2ccccc2-c2ccc(-c3c4c(cc5oc6ccccc6c35)CCC(c3ccc(N(C5=CCCC=C5)c5ccc6c(c5)C(C)(C)c5ccccc5-6)cc3)c3ccccc3-4)cc21. The van der Waals surface area contributed by atoms with E-state index in [9.17, 15) is 0 Å². The summed E-state index contributed by atoms with van der Waals surface area (Å²) in [5.74, 6) is 0.221. The first-order valence-corrected chi connectivity index (χ1v) is 23.6. The van der Waals surface area contributed by atoms with E-state index in [1.165, 1.54) is 111 Å². The Morgan fingerprint density at radius 3 is 1.89 bits per heavy atom. The monoisotopic (exact) mass is 837 g/mol. The predicted molar refractivity (Wildman–Crippen MR) is 271 cm³/mol. The lowest BCUT2D eigenvalue weighted by molar-refractivity contribution is 0.660. The molecule has 1 atom stereocenters. The minimum Gasteiger partial charge on any atom is -0.456 e. The van der Waals surface area contributed by atoms with E-state index in [-0.39, 0.29) is 16.7 Å². The molecule has 4 aliphatic carbocycles. The van der Waals surface area contributed by atoms with Gasteiger partial charge < -0.3 is 9.32 Å². The molecule has 0 bridgehead atoms. The molecule has 0 N–H and O–H groups in total. The van der Waals surface area contributed by atoms with E-state index >= 15 is 0 Å². The molecule has 0 aliphatic heterocycles. The summed E-state index contributed by atoms with van der Waals surface area (Å²) in [6, 6.07) is 62.0. The molecule has 8 aromatic carbocycles. The molecular formula is C63H51NO. The molecule has 0 amide bonds. The zero-order valence-corrected chi connectivity index (χ0v) is 37.6. The van der Waals surface area contributed by atoms with Crippen molar-refractivity contribution in [2.75, 3.05) is 4.90 Å². The minimum absolute atomic E-state index is 0.0722. The van der Waals surface area contributed by atoms with Crippen LogP contribution in [-0.4, -0.2) is 0 Å². The number of nitrogens with zero attached hydrogens (tertiary/aromatic N) is 1. The predicted octanol–water partition coefficient (Wildman–Crippen LogP) is 17.0. The first kappa shape index (κ1) is 38.3. The van der Waals surface area contributed by atoms with Crippen molar-refractivity contribution in [3.05, 3.63) is 227 Å². The third-order valence-corrected chi connectivity index (χ3v) is 15.5. The lowest BCUT2D eigenvalue weighted by Crippen LogP contribution is -2.19. The molecule has 13 rings (SSSR count). The lowest BCUT2D eigenvalue weighted by atomic mass is 9.80. The van der Waals surface area contributed by atoms with Gasteiger partial charge in [0.2, 0.25) is 0 Å². The van der Waals surface area contributed by atoms with Crippen molar-refractivity contribution < 1.29 is 4.42 Å². The van der Waals surface area contributed by atoms with Crippen LogP contribution in [0.25, 0.3) is 66.4 Å². The maximum Gasteiger partial charge on any atom is 0.136 e. The van der Waals surface area contributed by atoms with Gasteiger partial charge in [-0.3, -0.25) is 0 Å². The topological polar surface area (TPSA) is 16.4 Å². The molecule has 9 aromatic rings. The van der Waals surface area contributed by atoms with Crippen molar-refractivity contribution in [2.45, 2.75) is 70.1 Å². The molecule has 2 heteroatoms. The second kappa shape index (κ2) is 14.2. The quantitative estimate of drug-likeness (QED) is 0.172. The maximum absolute atomic E-state index is 6.77. The lowest BCUT2D eigenvalue weighted by Gasteiger charge is -2.30. The zero-order valence-electron chi connectivity index (χ0n) is 37.6. The van der Waals surface area contributed by atoms with Gasteiger partial charge in [-0.05, 0) is 152 Å². The average Bonchev–Trinajstić information content (AvgIpc) is 3.86. The number of fused-ring (bicyclic) bond motifs is 12. The van der Waals surface area contributed by atoms with Crippen LogP contribution in [0.2, 0.25) is 0 Å². The molecule has 2 nitrogen and oxygen atoms in total. The van der Waals surface area contributed by atoms with E-state index < -0.39 is 0 Å². The van der Waals surface area contributed by atoms with Crippen molar-refractivity contribution in [3.8, 4) is 44.5 Å². The Balaban J connectivity index is 0.939. The number of benzene rings is 8. The van der Waals surface area contributed by atoms with Crippen LogP contribution in [0.5, 0.6) is 0 Å².